The Bertz CT molecular complexity index is 1410. The third-order valence-electron chi connectivity index (χ3n) is 7.49. The molecule has 1 saturated heterocycles. The zero-order valence-corrected chi connectivity index (χ0v) is 20.4. The molecule has 3 aromatic rings. The largest absolute Gasteiger partial charge is 0.495 e. The molecule has 2 atom stereocenters. The van der Waals surface area contributed by atoms with Gasteiger partial charge in [-0.25, -0.2) is 13.4 Å². The highest BCUT2D eigenvalue weighted by Crippen LogP contribution is 2.62. The summed E-state index contributed by atoms with van der Waals surface area (Å²) in [6.07, 6.45) is 2.73. The Hall–Kier alpha value is -3.31. The third kappa shape index (κ3) is 3.29. The molecule has 2 aliphatic carbocycles. The van der Waals surface area contributed by atoms with Gasteiger partial charge in [0.05, 0.1) is 20.3 Å². The van der Waals surface area contributed by atoms with Crippen LogP contribution in [0.15, 0.2) is 39.9 Å². The quantitative estimate of drug-likeness (QED) is 0.527. The monoisotopic (exact) mass is 498 g/mol. The number of hydrogen-bond donors (Lipinski definition) is 2. The normalized spacial score (nSPS) is 22.9. The summed E-state index contributed by atoms with van der Waals surface area (Å²) in [7, 11) is -1.42. The molecule has 2 fully saturated rings. The van der Waals surface area contributed by atoms with Crippen molar-refractivity contribution in [2.24, 2.45) is 5.92 Å². The van der Waals surface area contributed by atoms with Crippen molar-refractivity contribution in [1.82, 2.24) is 10.1 Å². The van der Waals surface area contributed by atoms with E-state index >= 15 is 0 Å². The number of rotatable bonds is 6. The second-order valence-electron chi connectivity index (χ2n) is 9.52. The third-order valence-corrected chi connectivity index (χ3v) is 8.87. The molecule has 0 bridgehead atoms. The Morgan fingerprint density at radius 3 is 2.66 bits per heavy atom. The van der Waals surface area contributed by atoms with Gasteiger partial charge in [-0.15, -0.1) is 0 Å². The van der Waals surface area contributed by atoms with Gasteiger partial charge >= 0.3 is 0 Å². The number of aliphatic hydroxyl groups is 1. The number of benzene rings is 1. The van der Waals surface area contributed by atoms with Gasteiger partial charge < -0.3 is 24.0 Å². The molecule has 184 valence electrons. The average Bonchev–Trinajstić information content (AvgIpc) is 3.30. The summed E-state index contributed by atoms with van der Waals surface area (Å²) < 4.78 is 45.7. The molecule has 2 aromatic heterocycles. The lowest BCUT2D eigenvalue weighted by Gasteiger charge is -2.38. The number of nitrogens with one attached hydrogen (secondary N) is 1. The Labute approximate surface area is 202 Å². The van der Waals surface area contributed by atoms with Gasteiger partial charge in [-0.1, -0.05) is 18.1 Å². The highest BCUT2D eigenvalue weighted by atomic mass is 32.2. The van der Waals surface area contributed by atoms with Gasteiger partial charge in [0.2, 0.25) is 5.88 Å². The van der Waals surface area contributed by atoms with Crippen LogP contribution in [0.25, 0.3) is 11.3 Å². The molecule has 1 saturated carbocycles. The van der Waals surface area contributed by atoms with Gasteiger partial charge in [0.15, 0.2) is 16.5 Å². The Kier molecular flexibility index (Phi) is 4.81. The summed E-state index contributed by atoms with van der Waals surface area (Å²) in [5.41, 5.74) is 3.76. The molecule has 0 radical (unpaired) electrons. The van der Waals surface area contributed by atoms with E-state index in [9.17, 15) is 13.5 Å². The minimum atomic E-state index is -4.15. The number of hydrogen-bond acceptors (Lipinski definition) is 9. The van der Waals surface area contributed by atoms with Crippen LogP contribution >= 0.6 is 0 Å². The number of aromatic nitrogens is 2. The van der Waals surface area contributed by atoms with Crippen LogP contribution < -0.4 is 19.1 Å². The summed E-state index contributed by atoms with van der Waals surface area (Å²) in [4.78, 5) is 5.92. The maximum absolute atomic E-state index is 13.4. The highest BCUT2D eigenvalue weighted by molar-refractivity contribution is 7.93. The maximum Gasteiger partial charge on any atom is 0.272 e. The van der Waals surface area contributed by atoms with E-state index < -0.39 is 10.0 Å². The minimum absolute atomic E-state index is 0.0757. The van der Waals surface area contributed by atoms with E-state index in [2.05, 4.69) is 44.9 Å². The van der Waals surface area contributed by atoms with Crippen LogP contribution in [0, 0.1) is 5.92 Å². The molecule has 0 unspecified atom stereocenters. The molecule has 6 rings (SSSR count). The fraction of sp³-hybridized carbons (Fsp3) is 0.417. The molecule has 10 nitrogen and oxygen atoms in total. The second-order valence-corrected chi connectivity index (χ2v) is 11.1. The number of pyridine rings is 1. The predicted molar refractivity (Wildman–Crippen MR) is 127 cm³/mol. The molecule has 2 N–H and O–H groups in total. The van der Waals surface area contributed by atoms with Gasteiger partial charge in [0.1, 0.15) is 5.75 Å². The van der Waals surface area contributed by atoms with Gasteiger partial charge in [0, 0.05) is 47.6 Å². The number of ether oxygens (including phenoxy) is 2. The summed E-state index contributed by atoms with van der Waals surface area (Å²) in [5, 5.41) is 13.9. The van der Waals surface area contributed by atoms with Gasteiger partial charge in [-0.2, -0.15) is 0 Å². The van der Waals surface area contributed by atoms with Crippen molar-refractivity contribution >= 4 is 21.5 Å². The number of aliphatic hydroxyl groups excluding tert-OH is 1. The van der Waals surface area contributed by atoms with Crippen molar-refractivity contribution in [3.63, 3.8) is 0 Å². The van der Waals surface area contributed by atoms with Crippen LogP contribution in [-0.4, -0.2) is 57.1 Å². The molecule has 3 heterocycles. The highest BCUT2D eigenvalue weighted by Gasteiger charge is 2.56. The van der Waals surface area contributed by atoms with Crippen LogP contribution in [0.3, 0.4) is 0 Å². The molecule has 1 aliphatic heterocycles. The summed E-state index contributed by atoms with van der Waals surface area (Å²) in [5.74, 6) is 1.20. The Morgan fingerprint density at radius 2 is 2.00 bits per heavy atom. The summed E-state index contributed by atoms with van der Waals surface area (Å²) >= 11 is 0. The molecule has 11 heteroatoms. The van der Waals surface area contributed by atoms with E-state index in [-0.39, 0.29) is 33.9 Å². The molecular formula is C24H26N4O6S. The van der Waals surface area contributed by atoms with E-state index in [1.165, 1.54) is 32.0 Å². The van der Waals surface area contributed by atoms with Crippen molar-refractivity contribution in [2.45, 2.75) is 36.2 Å². The maximum atomic E-state index is 13.4. The molecule has 3 aliphatic rings. The van der Waals surface area contributed by atoms with E-state index in [4.69, 9.17) is 14.0 Å². The van der Waals surface area contributed by atoms with Crippen LogP contribution in [0.2, 0.25) is 0 Å². The van der Waals surface area contributed by atoms with Crippen molar-refractivity contribution < 1.29 is 27.5 Å². The lowest BCUT2D eigenvalue weighted by Crippen LogP contribution is -2.50. The smallest absolute Gasteiger partial charge is 0.272 e. The van der Waals surface area contributed by atoms with Crippen LogP contribution in [0.1, 0.15) is 24.5 Å². The molecule has 35 heavy (non-hydrogen) atoms. The Balaban J connectivity index is 1.42. The first-order valence-corrected chi connectivity index (χ1v) is 12.9. The fourth-order valence-corrected chi connectivity index (χ4v) is 6.75. The van der Waals surface area contributed by atoms with Gasteiger partial charge in [-0.05, 0) is 36.5 Å². The zero-order valence-electron chi connectivity index (χ0n) is 19.6. The van der Waals surface area contributed by atoms with Crippen molar-refractivity contribution in [3.8, 4) is 23.0 Å². The van der Waals surface area contributed by atoms with Crippen molar-refractivity contribution in [3.05, 3.63) is 41.6 Å². The number of anilines is 2. The van der Waals surface area contributed by atoms with Crippen LogP contribution in [0.4, 0.5) is 11.5 Å². The Morgan fingerprint density at radius 1 is 1.23 bits per heavy atom. The second kappa shape index (κ2) is 7.59. The van der Waals surface area contributed by atoms with E-state index in [0.717, 1.165) is 23.2 Å². The minimum Gasteiger partial charge on any atom is -0.495 e. The van der Waals surface area contributed by atoms with E-state index in [0.29, 0.717) is 31.2 Å². The summed E-state index contributed by atoms with van der Waals surface area (Å²) in [6, 6.07) is 7.74. The molecule has 1 aromatic carbocycles. The number of β-amino-alcohol motifs (C(OH)–C–C–N with tert-alkyl or cyclic N) is 1. The zero-order chi connectivity index (χ0) is 24.5. The standard InChI is InChI=1S/C24H26N4O6S/c1-13-9-24(13)10-17-20(16-8-14(4-5-18(16)24)28-11-15(29)12-28)34-26-22(17)27-35(30,31)21-19(32-2)6-7-25-23(21)33-3/h4-8,13,15,29H,9-12H2,1-3H3,(H,26,27)/t13-,24+/m1/s1. The van der Waals surface area contributed by atoms with Gasteiger partial charge in [0.25, 0.3) is 10.0 Å². The topological polar surface area (TPSA) is 127 Å². The first-order valence-electron chi connectivity index (χ1n) is 11.4. The number of fused-ring (bicyclic) bond motifs is 4. The lowest BCUT2D eigenvalue weighted by atomic mass is 9.77. The van der Waals surface area contributed by atoms with Crippen molar-refractivity contribution in [2.75, 3.05) is 36.9 Å². The average molecular weight is 499 g/mol. The number of sulfonamides is 1. The summed E-state index contributed by atoms with van der Waals surface area (Å²) in [6.45, 7) is 3.38. The first-order chi connectivity index (χ1) is 16.8. The fourth-order valence-electron chi connectivity index (χ4n) is 5.45. The number of nitrogens with zero attached hydrogens (tertiary/aromatic N) is 3. The number of methoxy groups -OCH3 is 2. The molecular weight excluding hydrogens is 472 g/mol. The van der Waals surface area contributed by atoms with Crippen LogP contribution in [-0.2, 0) is 21.9 Å². The van der Waals surface area contributed by atoms with Gasteiger partial charge in [-0.3, -0.25) is 4.72 Å². The van der Waals surface area contributed by atoms with Crippen molar-refractivity contribution in [1.29, 1.82) is 0 Å². The molecule has 0 amide bonds. The van der Waals surface area contributed by atoms with E-state index in [1.807, 2.05) is 0 Å². The predicted octanol–water partition coefficient (Wildman–Crippen LogP) is 2.57. The molecule has 1 spiro atoms. The lowest BCUT2D eigenvalue weighted by molar-refractivity contribution is 0.142. The van der Waals surface area contributed by atoms with Crippen LogP contribution in [0.5, 0.6) is 11.6 Å². The first kappa shape index (κ1) is 22.2. The van der Waals surface area contributed by atoms with E-state index in [1.54, 1.807) is 0 Å². The SMILES string of the molecule is COc1ccnc(OC)c1S(=O)(=O)Nc1noc2c1C[C@]1(C[C@H]1C)c1ccc(N3CC(O)C3)cc1-2.